The summed E-state index contributed by atoms with van der Waals surface area (Å²) in [5.41, 5.74) is 0.765. The van der Waals surface area contributed by atoms with Crippen molar-refractivity contribution >= 4 is 23.5 Å². The van der Waals surface area contributed by atoms with Gasteiger partial charge in [0.1, 0.15) is 12.4 Å². The predicted octanol–water partition coefficient (Wildman–Crippen LogP) is 1.18. The zero-order valence-electron chi connectivity index (χ0n) is 11.4. The fourth-order valence-electron chi connectivity index (χ4n) is 2.39. The van der Waals surface area contributed by atoms with Crippen molar-refractivity contribution in [3.63, 3.8) is 0 Å². The van der Waals surface area contributed by atoms with Crippen molar-refractivity contribution in [3.05, 3.63) is 29.6 Å². The van der Waals surface area contributed by atoms with Crippen LogP contribution in [0.2, 0.25) is 0 Å². The Bertz CT molecular complexity index is 603. The van der Waals surface area contributed by atoms with E-state index < -0.39 is 36.1 Å². The lowest BCUT2D eigenvalue weighted by atomic mass is 9.89. The number of amides is 2. The number of nitrogens with one attached hydrogen (secondary N) is 1. The number of carboxylic acids is 1. The van der Waals surface area contributed by atoms with Crippen LogP contribution in [0.25, 0.3) is 0 Å². The second-order valence-electron chi connectivity index (χ2n) is 4.78. The smallest absolute Gasteiger partial charge is 0.323 e. The summed E-state index contributed by atoms with van der Waals surface area (Å²) in [6, 6.07) is 3.81. The molecule has 1 unspecified atom stereocenters. The van der Waals surface area contributed by atoms with E-state index in [4.69, 9.17) is 5.11 Å². The number of nitrogens with zero attached hydrogens (tertiary/aromatic N) is 1. The number of hydrogen-bond donors (Lipinski definition) is 2. The maximum atomic E-state index is 13.2. The average molecular weight is 294 g/mol. The first-order valence-corrected chi connectivity index (χ1v) is 6.52. The number of carbonyl (C=O) groups excluding carboxylic acids is 2. The van der Waals surface area contributed by atoms with Crippen LogP contribution in [-0.2, 0) is 14.4 Å². The summed E-state index contributed by atoms with van der Waals surface area (Å²) in [5.74, 6) is -3.25. The van der Waals surface area contributed by atoms with Crippen LogP contribution in [0.4, 0.5) is 10.1 Å². The minimum atomic E-state index is -1.12. The van der Waals surface area contributed by atoms with Gasteiger partial charge in [-0.1, -0.05) is 6.07 Å². The second kappa shape index (κ2) is 5.90. The molecule has 6 nitrogen and oxygen atoms in total. The zero-order chi connectivity index (χ0) is 15.6. The number of anilines is 1. The number of aliphatic carboxylic acids is 1. The molecule has 21 heavy (non-hydrogen) atoms. The monoisotopic (exact) mass is 294 g/mol. The summed E-state index contributed by atoms with van der Waals surface area (Å²) in [5, 5.41) is 11.3. The van der Waals surface area contributed by atoms with E-state index in [9.17, 15) is 18.8 Å². The van der Waals surface area contributed by atoms with Gasteiger partial charge in [0, 0.05) is 18.7 Å². The molecule has 0 fully saturated rings. The number of halogens is 1. The quantitative estimate of drug-likeness (QED) is 0.873. The molecular formula is C14H15FN2O4. The standard InChI is InChI=1S/C14H15FN2O4/c1-2-17(7-13(19)20)14(21)10-6-12(18)16-11-5-8(15)3-4-9(10)11/h3-5,10H,2,6-7H2,1H3,(H,16,18)(H,19,20). The number of hydrogen-bond acceptors (Lipinski definition) is 3. The first kappa shape index (κ1) is 15.0. The van der Waals surface area contributed by atoms with Gasteiger partial charge in [0.15, 0.2) is 0 Å². The van der Waals surface area contributed by atoms with E-state index in [1.165, 1.54) is 17.0 Å². The molecule has 1 aliphatic rings. The van der Waals surface area contributed by atoms with Gasteiger partial charge in [0.2, 0.25) is 11.8 Å². The molecule has 1 aliphatic heterocycles. The Morgan fingerprint density at radius 2 is 2.19 bits per heavy atom. The molecule has 1 atom stereocenters. The van der Waals surface area contributed by atoms with E-state index in [2.05, 4.69) is 5.32 Å². The SMILES string of the molecule is CCN(CC(=O)O)C(=O)C1CC(=O)Nc2cc(F)ccc21. The largest absolute Gasteiger partial charge is 0.480 e. The van der Waals surface area contributed by atoms with Gasteiger partial charge in [-0.2, -0.15) is 0 Å². The molecule has 2 rings (SSSR count). The van der Waals surface area contributed by atoms with Gasteiger partial charge in [0.05, 0.1) is 5.92 Å². The van der Waals surface area contributed by atoms with Gasteiger partial charge >= 0.3 is 5.97 Å². The van der Waals surface area contributed by atoms with E-state index in [1.807, 2.05) is 0 Å². The van der Waals surface area contributed by atoms with Crippen molar-refractivity contribution in [3.8, 4) is 0 Å². The van der Waals surface area contributed by atoms with E-state index in [-0.39, 0.29) is 18.7 Å². The highest BCUT2D eigenvalue weighted by atomic mass is 19.1. The normalized spacial score (nSPS) is 16.9. The van der Waals surface area contributed by atoms with Crippen LogP contribution in [0.15, 0.2) is 18.2 Å². The molecule has 0 radical (unpaired) electrons. The van der Waals surface area contributed by atoms with Gasteiger partial charge in [-0.05, 0) is 24.6 Å². The van der Waals surface area contributed by atoms with Crippen molar-refractivity contribution < 1.29 is 23.9 Å². The van der Waals surface area contributed by atoms with Crippen molar-refractivity contribution in [2.45, 2.75) is 19.3 Å². The third kappa shape index (κ3) is 3.18. The molecule has 112 valence electrons. The third-order valence-corrected chi connectivity index (χ3v) is 3.37. The lowest BCUT2D eigenvalue weighted by molar-refractivity contribution is -0.145. The van der Waals surface area contributed by atoms with Crippen LogP contribution in [0.1, 0.15) is 24.8 Å². The molecule has 2 N–H and O–H groups in total. The van der Waals surface area contributed by atoms with E-state index in [1.54, 1.807) is 6.92 Å². The highest BCUT2D eigenvalue weighted by molar-refractivity contribution is 6.01. The Kier molecular flexibility index (Phi) is 4.21. The molecule has 0 aliphatic carbocycles. The van der Waals surface area contributed by atoms with Crippen molar-refractivity contribution in [2.75, 3.05) is 18.4 Å². The average Bonchev–Trinajstić information content (AvgIpc) is 2.42. The molecule has 0 saturated carbocycles. The predicted molar refractivity (Wildman–Crippen MR) is 72.3 cm³/mol. The fraction of sp³-hybridized carbons (Fsp3) is 0.357. The Hall–Kier alpha value is -2.44. The molecule has 7 heteroatoms. The number of carboxylic acid groups (broad SMARTS) is 1. The van der Waals surface area contributed by atoms with Gasteiger partial charge in [0.25, 0.3) is 0 Å². The molecule has 1 heterocycles. The highest BCUT2D eigenvalue weighted by Gasteiger charge is 2.33. The molecule has 2 amide bonds. The van der Waals surface area contributed by atoms with Gasteiger partial charge in [-0.25, -0.2) is 4.39 Å². The van der Waals surface area contributed by atoms with Crippen LogP contribution < -0.4 is 5.32 Å². The number of rotatable bonds is 4. The molecule has 1 aromatic rings. The molecule has 1 aromatic carbocycles. The minimum absolute atomic E-state index is 0.0758. The lowest BCUT2D eigenvalue weighted by Crippen LogP contribution is -2.41. The van der Waals surface area contributed by atoms with E-state index >= 15 is 0 Å². The van der Waals surface area contributed by atoms with Gasteiger partial charge in [-0.3, -0.25) is 14.4 Å². The number of likely N-dealkylation sites (N-methyl/N-ethyl adjacent to an activating group) is 1. The molecule has 0 aromatic heterocycles. The topological polar surface area (TPSA) is 86.7 Å². The van der Waals surface area contributed by atoms with Crippen LogP contribution in [-0.4, -0.2) is 40.9 Å². The van der Waals surface area contributed by atoms with Gasteiger partial charge in [-0.15, -0.1) is 0 Å². The minimum Gasteiger partial charge on any atom is -0.480 e. The Morgan fingerprint density at radius 3 is 2.81 bits per heavy atom. The first-order valence-electron chi connectivity index (χ1n) is 6.52. The Labute approximate surface area is 120 Å². The zero-order valence-corrected chi connectivity index (χ0v) is 11.4. The molecule has 0 spiro atoms. The third-order valence-electron chi connectivity index (χ3n) is 3.37. The lowest BCUT2D eigenvalue weighted by Gasteiger charge is -2.29. The fourth-order valence-corrected chi connectivity index (χ4v) is 2.39. The summed E-state index contributed by atoms with van der Waals surface area (Å²) in [7, 11) is 0. The Balaban J connectivity index is 2.33. The second-order valence-corrected chi connectivity index (χ2v) is 4.78. The summed E-state index contributed by atoms with van der Waals surface area (Å²) in [6.07, 6.45) is -0.0758. The van der Waals surface area contributed by atoms with Crippen LogP contribution >= 0.6 is 0 Å². The van der Waals surface area contributed by atoms with E-state index in [0.29, 0.717) is 5.56 Å². The summed E-state index contributed by atoms with van der Waals surface area (Å²) in [6.45, 7) is 1.46. The molecular weight excluding hydrogens is 279 g/mol. The maximum absolute atomic E-state index is 13.2. The maximum Gasteiger partial charge on any atom is 0.323 e. The number of benzene rings is 1. The molecule has 0 bridgehead atoms. The van der Waals surface area contributed by atoms with Crippen molar-refractivity contribution in [1.82, 2.24) is 4.90 Å². The van der Waals surface area contributed by atoms with Crippen LogP contribution in [0.3, 0.4) is 0 Å². The summed E-state index contributed by atoms with van der Waals surface area (Å²) >= 11 is 0. The van der Waals surface area contributed by atoms with E-state index in [0.717, 1.165) is 6.07 Å². The van der Waals surface area contributed by atoms with Gasteiger partial charge < -0.3 is 15.3 Å². The molecule has 0 saturated heterocycles. The first-order chi connectivity index (χ1) is 9.92. The highest BCUT2D eigenvalue weighted by Crippen LogP contribution is 2.33. The van der Waals surface area contributed by atoms with Crippen molar-refractivity contribution in [1.29, 1.82) is 0 Å². The summed E-state index contributed by atoms with van der Waals surface area (Å²) in [4.78, 5) is 36.1. The van der Waals surface area contributed by atoms with Crippen LogP contribution in [0, 0.1) is 5.82 Å². The Morgan fingerprint density at radius 1 is 1.48 bits per heavy atom. The number of carbonyl (C=O) groups is 3. The van der Waals surface area contributed by atoms with Crippen LogP contribution in [0.5, 0.6) is 0 Å². The number of fused-ring (bicyclic) bond motifs is 1. The van der Waals surface area contributed by atoms with Crippen molar-refractivity contribution in [2.24, 2.45) is 0 Å². The summed E-state index contributed by atoms with van der Waals surface area (Å²) < 4.78 is 13.2.